The standard InChI is InChI=1S/C10H15N3O2/c1-3-4-13-7-12(2)6-8(13)5-9(11)10(14)15/h3,6-7,9H,1,4-5,11H2,2H3/p+1/t9-/m0/s1. The van der Waals surface area contributed by atoms with E-state index in [-0.39, 0.29) is 0 Å². The van der Waals surface area contributed by atoms with Gasteiger partial charge in [0, 0.05) is 6.42 Å². The number of hydrogen-bond donors (Lipinski definition) is 2. The number of nitrogens with zero attached hydrogens (tertiary/aromatic N) is 2. The number of carbonyl (C=O) groups is 1. The van der Waals surface area contributed by atoms with E-state index >= 15 is 0 Å². The molecule has 0 saturated heterocycles. The molecule has 15 heavy (non-hydrogen) atoms. The number of nitrogens with two attached hydrogens (primary N) is 1. The Hall–Kier alpha value is -1.62. The largest absolute Gasteiger partial charge is 0.480 e. The van der Waals surface area contributed by atoms with Gasteiger partial charge >= 0.3 is 5.97 Å². The second-order valence-corrected chi connectivity index (χ2v) is 3.49. The lowest BCUT2D eigenvalue weighted by molar-refractivity contribution is -0.671. The number of rotatable bonds is 5. The summed E-state index contributed by atoms with van der Waals surface area (Å²) in [6.07, 6.45) is 5.83. The molecule has 0 spiro atoms. The molecule has 1 rings (SSSR count). The van der Waals surface area contributed by atoms with Crippen molar-refractivity contribution in [3.8, 4) is 0 Å². The van der Waals surface area contributed by atoms with Crippen molar-refractivity contribution >= 4 is 5.97 Å². The van der Waals surface area contributed by atoms with Gasteiger partial charge in [0.1, 0.15) is 24.5 Å². The lowest BCUT2D eigenvalue weighted by Gasteiger charge is -2.03. The Morgan fingerprint density at radius 3 is 3.07 bits per heavy atom. The second kappa shape index (κ2) is 4.75. The summed E-state index contributed by atoms with van der Waals surface area (Å²) in [7, 11) is 1.88. The molecule has 5 nitrogen and oxygen atoms in total. The number of imidazole rings is 1. The van der Waals surface area contributed by atoms with Gasteiger partial charge in [-0.05, 0) is 0 Å². The van der Waals surface area contributed by atoms with Crippen LogP contribution in [0, 0.1) is 0 Å². The van der Waals surface area contributed by atoms with Crippen molar-refractivity contribution < 1.29 is 14.5 Å². The molecule has 1 atom stereocenters. The van der Waals surface area contributed by atoms with Gasteiger partial charge in [-0.15, -0.1) is 0 Å². The van der Waals surface area contributed by atoms with Crippen molar-refractivity contribution in [3.63, 3.8) is 0 Å². The number of aliphatic carboxylic acids is 1. The van der Waals surface area contributed by atoms with Crippen molar-refractivity contribution in [2.75, 3.05) is 0 Å². The van der Waals surface area contributed by atoms with E-state index in [4.69, 9.17) is 10.8 Å². The van der Waals surface area contributed by atoms with Crippen LogP contribution in [0.1, 0.15) is 5.69 Å². The summed E-state index contributed by atoms with van der Waals surface area (Å²) >= 11 is 0. The number of allylic oxidation sites excluding steroid dienone is 1. The Morgan fingerprint density at radius 1 is 1.87 bits per heavy atom. The van der Waals surface area contributed by atoms with Crippen LogP contribution >= 0.6 is 0 Å². The van der Waals surface area contributed by atoms with E-state index in [1.165, 1.54) is 0 Å². The highest BCUT2D eigenvalue weighted by atomic mass is 16.4. The molecule has 0 aliphatic heterocycles. The van der Waals surface area contributed by atoms with E-state index in [9.17, 15) is 4.79 Å². The molecule has 0 aliphatic carbocycles. The maximum absolute atomic E-state index is 10.6. The van der Waals surface area contributed by atoms with Gasteiger partial charge in [0.2, 0.25) is 6.33 Å². The minimum atomic E-state index is -0.982. The topological polar surface area (TPSA) is 72.1 Å². The Bertz CT molecular complexity index is 371. The zero-order chi connectivity index (χ0) is 11.4. The minimum absolute atomic E-state index is 0.323. The van der Waals surface area contributed by atoms with Gasteiger partial charge in [-0.3, -0.25) is 4.79 Å². The fraction of sp³-hybridized carbons (Fsp3) is 0.400. The first-order chi connectivity index (χ1) is 7.04. The zero-order valence-corrected chi connectivity index (χ0v) is 8.76. The highest BCUT2D eigenvalue weighted by Gasteiger charge is 2.18. The van der Waals surface area contributed by atoms with Crippen molar-refractivity contribution in [2.24, 2.45) is 12.8 Å². The third-order valence-electron chi connectivity index (χ3n) is 2.12. The summed E-state index contributed by atoms with van der Waals surface area (Å²) in [5, 5.41) is 8.71. The van der Waals surface area contributed by atoms with Crippen LogP contribution in [0.15, 0.2) is 25.2 Å². The number of aryl methyl sites for hydroxylation is 1. The van der Waals surface area contributed by atoms with Crippen LogP contribution in [0.4, 0.5) is 0 Å². The summed E-state index contributed by atoms with van der Waals surface area (Å²) in [5.74, 6) is -0.982. The van der Waals surface area contributed by atoms with Gasteiger partial charge in [-0.25, -0.2) is 9.13 Å². The van der Waals surface area contributed by atoms with Crippen molar-refractivity contribution in [1.82, 2.24) is 4.57 Å². The van der Waals surface area contributed by atoms with Gasteiger partial charge in [0.25, 0.3) is 0 Å². The third kappa shape index (κ3) is 2.92. The quantitative estimate of drug-likeness (QED) is 0.506. The Balaban J connectivity index is 2.83. The van der Waals surface area contributed by atoms with Crippen molar-refractivity contribution in [1.29, 1.82) is 0 Å². The smallest absolute Gasteiger partial charge is 0.320 e. The molecule has 1 aromatic rings. The first kappa shape index (κ1) is 11.5. The Morgan fingerprint density at radius 2 is 2.53 bits per heavy atom. The van der Waals surface area contributed by atoms with Crippen molar-refractivity contribution in [3.05, 3.63) is 30.9 Å². The number of hydrogen-bond acceptors (Lipinski definition) is 2. The molecule has 82 valence electrons. The predicted molar refractivity (Wildman–Crippen MR) is 55.1 cm³/mol. The molecule has 0 aromatic carbocycles. The molecule has 0 aliphatic rings. The van der Waals surface area contributed by atoms with Gasteiger partial charge in [0.05, 0.1) is 7.05 Å². The Kier molecular flexibility index (Phi) is 3.62. The molecule has 0 radical (unpaired) electrons. The molecule has 1 heterocycles. The summed E-state index contributed by atoms with van der Waals surface area (Å²) < 4.78 is 3.79. The van der Waals surface area contributed by atoms with Gasteiger partial charge < -0.3 is 10.8 Å². The van der Waals surface area contributed by atoms with Crippen molar-refractivity contribution in [2.45, 2.75) is 19.0 Å². The van der Waals surface area contributed by atoms with E-state index < -0.39 is 12.0 Å². The summed E-state index contributed by atoms with van der Waals surface area (Å²) in [6.45, 7) is 4.30. The fourth-order valence-electron chi connectivity index (χ4n) is 1.42. The summed E-state index contributed by atoms with van der Waals surface area (Å²) in [5.41, 5.74) is 6.37. The Labute approximate surface area is 88.4 Å². The van der Waals surface area contributed by atoms with Crippen LogP contribution in [0.5, 0.6) is 0 Å². The van der Waals surface area contributed by atoms with Crippen LogP contribution in [0.25, 0.3) is 0 Å². The normalized spacial score (nSPS) is 12.4. The van der Waals surface area contributed by atoms with E-state index in [2.05, 4.69) is 6.58 Å². The lowest BCUT2D eigenvalue weighted by Crippen LogP contribution is -2.33. The van der Waals surface area contributed by atoms with Gasteiger partial charge in [0.15, 0.2) is 0 Å². The first-order valence-electron chi connectivity index (χ1n) is 4.68. The summed E-state index contributed by atoms with van der Waals surface area (Å²) in [4.78, 5) is 10.6. The van der Waals surface area contributed by atoms with Gasteiger partial charge in [-0.1, -0.05) is 12.7 Å². The summed E-state index contributed by atoms with van der Waals surface area (Å²) in [6, 6.07) is -0.858. The molecular formula is C10H16N3O2+. The molecule has 0 bridgehead atoms. The number of aromatic nitrogens is 2. The fourth-order valence-corrected chi connectivity index (χ4v) is 1.42. The average molecular weight is 210 g/mol. The number of carboxylic acid groups (broad SMARTS) is 1. The van der Waals surface area contributed by atoms with Crippen LogP contribution in [-0.4, -0.2) is 21.7 Å². The molecule has 1 aromatic heterocycles. The average Bonchev–Trinajstić information content (AvgIpc) is 2.47. The van der Waals surface area contributed by atoms with Crippen LogP contribution < -0.4 is 10.3 Å². The monoisotopic (exact) mass is 210 g/mol. The maximum Gasteiger partial charge on any atom is 0.320 e. The maximum atomic E-state index is 10.6. The predicted octanol–water partition coefficient (Wildman–Crippen LogP) is -0.547. The molecule has 3 N–H and O–H groups in total. The van der Waals surface area contributed by atoms with E-state index in [1.54, 1.807) is 6.08 Å². The SMILES string of the molecule is C=CCn1c[n+](C)cc1C[C@H](N)C(=O)O. The van der Waals surface area contributed by atoms with Crippen LogP contribution in [0.2, 0.25) is 0 Å². The lowest BCUT2D eigenvalue weighted by atomic mass is 10.2. The molecule has 0 saturated carbocycles. The molecular weight excluding hydrogens is 194 g/mol. The van der Waals surface area contributed by atoms with E-state index in [0.717, 1.165) is 5.69 Å². The molecule has 0 fully saturated rings. The number of carboxylic acids is 1. The van der Waals surface area contributed by atoms with Crippen LogP contribution in [-0.2, 0) is 24.8 Å². The minimum Gasteiger partial charge on any atom is -0.480 e. The third-order valence-corrected chi connectivity index (χ3v) is 2.12. The van der Waals surface area contributed by atoms with E-state index in [1.807, 2.05) is 28.7 Å². The molecule has 0 unspecified atom stereocenters. The molecule has 5 heteroatoms. The highest BCUT2D eigenvalue weighted by molar-refractivity contribution is 5.73. The first-order valence-corrected chi connectivity index (χ1v) is 4.68. The van der Waals surface area contributed by atoms with Crippen LogP contribution in [0.3, 0.4) is 0 Å². The zero-order valence-electron chi connectivity index (χ0n) is 8.76. The molecule has 0 amide bonds. The van der Waals surface area contributed by atoms with Gasteiger partial charge in [-0.2, -0.15) is 0 Å². The highest BCUT2D eigenvalue weighted by Crippen LogP contribution is 2.01. The van der Waals surface area contributed by atoms with E-state index in [0.29, 0.717) is 13.0 Å². The second-order valence-electron chi connectivity index (χ2n) is 3.49.